The van der Waals surface area contributed by atoms with Crippen molar-refractivity contribution in [3.8, 4) is 11.5 Å². The summed E-state index contributed by atoms with van der Waals surface area (Å²) in [5.74, 6) is 1.43. The van der Waals surface area contributed by atoms with Crippen molar-refractivity contribution in [1.29, 1.82) is 0 Å². The lowest BCUT2D eigenvalue weighted by Crippen LogP contribution is -1.88. The van der Waals surface area contributed by atoms with Gasteiger partial charge in [-0.25, -0.2) is 5.11 Å². The first kappa shape index (κ1) is 10.6. The Morgan fingerprint density at radius 2 is 1.71 bits per heavy atom. The van der Waals surface area contributed by atoms with Crippen LogP contribution in [0.2, 0.25) is 0 Å². The molecular weight excluding hydrogens is 180 g/mol. The summed E-state index contributed by atoms with van der Waals surface area (Å²) in [6, 6.07) is 5.47. The van der Waals surface area contributed by atoms with E-state index in [1.54, 1.807) is 32.4 Å². The first-order valence-corrected chi connectivity index (χ1v) is 4.28. The maximum Gasteiger partial charge on any atom is 0.123 e. The molecule has 0 saturated carbocycles. The summed E-state index contributed by atoms with van der Waals surface area (Å²) in [6.45, 7) is -0.223. The average Bonchev–Trinajstić information content (AvgIpc) is 2.25. The maximum absolute atomic E-state index is 10.3. The number of rotatable bonds is 4. The van der Waals surface area contributed by atoms with Crippen molar-refractivity contribution < 1.29 is 14.6 Å². The minimum Gasteiger partial charge on any atom is -0.497 e. The standard InChI is InChI=1S/C11H13O3/c1-13-10-6-9(4-3-5-12)7-11(8-10)14-2/h3-4,6-8H,5H2,1-2H3/b4-3+. The van der Waals surface area contributed by atoms with Gasteiger partial charge in [0.25, 0.3) is 0 Å². The molecule has 0 aliphatic rings. The van der Waals surface area contributed by atoms with Gasteiger partial charge in [0.2, 0.25) is 0 Å². The van der Waals surface area contributed by atoms with Crippen LogP contribution in [0.3, 0.4) is 0 Å². The number of hydrogen-bond donors (Lipinski definition) is 0. The molecule has 0 saturated heterocycles. The lowest BCUT2D eigenvalue weighted by atomic mass is 10.2. The molecule has 0 heterocycles. The second-order valence-corrected chi connectivity index (χ2v) is 2.72. The highest BCUT2D eigenvalue weighted by molar-refractivity contribution is 5.55. The van der Waals surface area contributed by atoms with Crippen molar-refractivity contribution >= 4 is 6.08 Å². The highest BCUT2D eigenvalue weighted by Gasteiger charge is 1.98. The van der Waals surface area contributed by atoms with Crippen LogP contribution >= 0.6 is 0 Å². The molecule has 1 radical (unpaired) electrons. The maximum atomic E-state index is 10.3. The fraction of sp³-hybridized carbons (Fsp3) is 0.273. The Bertz CT molecular complexity index is 296. The van der Waals surface area contributed by atoms with Gasteiger partial charge in [-0.3, -0.25) is 0 Å². The number of ether oxygens (including phenoxy) is 2. The molecule has 1 aromatic rings. The first-order valence-electron chi connectivity index (χ1n) is 4.28. The van der Waals surface area contributed by atoms with Crippen LogP contribution in [0.25, 0.3) is 6.08 Å². The summed E-state index contributed by atoms with van der Waals surface area (Å²) < 4.78 is 10.2. The van der Waals surface area contributed by atoms with E-state index in [0.717, 1.165) is 17.1 Å². The minimum absolute atomic E-state index is 0.223. The Morgan fingerprint density at radius 1 is 1.14 bits per heavy atom. The molecule has 0 unspecified atom stereocenters. The van der Waals surface area contributed by atoms with Crippen molar-refractivity contribution in [3.05, 3.63) is 29.8 Å². The summed E-state index contributed by atoms with van der Waals surface area (Å²) >= 11 is 0. The molecule has 0 amide bonds. The molecule has 3 heteroatoms. The van der Waals surface area contributed by atoms with Crippen molar-refractivity contribution in [3.63, 3.8) is 0 Å². The third kappa shape index (κ3) is 2.78. The molecule has 0 spiro atoms. The van der Waals surface area contributed by atoms with Gasteiger partial charge in [0.1, 0.15) is 18.1 Å². The van der Waals surface area contributed by atoms with Crippen LogP contribution in [0.5, 0.6) is 11.5 Å². The molecule has 14 heavy (non-hydrogen) atoms. The monoisotopic (exact) mass is 193 g/mol. The topological polar surface area (TPSA) is 38.4 Å². The van der Waals surface area contributed by atoms with Crippen LogP contribution in [-0.4, -0.2) is 20.8 Å². The molecule has 0 aliphatic heterocycles. The largest absolute Gasteiger partial charge is 0.497 e. The van der Waals surface area contributed by atoms with E-state index in [-0.39, 0.29) is 6.61 Å². The third-order valence-electron chi connectivity index (χ3n) is 1.78. The predicted octanol–water partition coefficient (Wildman–Crippen LogP) is 2.15. The molecular formula is C11H13O3. The summed E-state index contributed by atoms with van der Waals surface area (Å²) in [6.07, 6.45) is 3.30. The summed E-state index contributed by atoms with van der Waals surface area (Å²) in [4.78, 5) is 0. The van der Waals surface area contributed by atoms with Gasteiger partial charge in [0.05, 0.1) is 14.2 Å². The van der Waals surface area contributed by atoms with Crippen LogP contribution < -0.4 is 9.47 Å². The zero-order valence-electron chi connectivity index (χ0n) is 8.32. The quantitative estimate of drug-likeness (QED) is 0.734. The van der Waals surface area contributed by atoms with Gasteiger partial charge >= 0.3 is 0 Å². The van der Waals surface area contributed by atoms with Crippen molar-refractivity contribution in [2.24, 2.45) is 0 Å². The molecule has 0 aromatic heterocycles. The highest BCUT2D eigenvalue weighted by atomic mass is 16.5. The van der Waals surface area contributed by atoms with E-state index in [2.05, 4.69) is 0 Å². The van der Waals surface area contributed by atoms with E-state index in [1.807, 2.05) is 12.1 Å². The summed E-state index contributed by atoms with van der Waals surface area (Å²) in [5.41, 5.74) is 0.900. The SMILES string of the molecule is COc1cc(/C=C/C[O])cc(OC)c1. The first-order chi connectivity index (χ1) is 6.80. The Kier molecular flexibility index (Phi) is 4.01. The zero-order chi connectivity index (χ0) is 10.4. The van der Waals surface area contributed by atoms with Gasteiger partial charge in [-0.2, -0.15) is 0 Å². The van der Waals surface area contributed by atoms with Crippen molar-refractivity contribution in [1.82, 2.24) is 0 Å². The summed E-state index contributed by atoms with van der Waals surface area (Å²) in [5, 5.41) is 10.3. The van der Waals surface area contributed by atoms with Crippen LogP contribution in [0.15, 0.2) is 24.3 Å². The second-order valence-electron chi connectivity index (χ2n) is 2.72. The Balaban J connectivity index is 2.98. The Labute approximate surface area is 83.6 Å². The van der Waals surface area contributed by atoms with E-state index in [0.29, 0.717) is 0 Å². The minimum atomic E-state index is -0.223. The molecule has 0 N–H and O–H groups in total. The van der Waals surface area contributed by atoms with Crippen LogP contribution in [-0.2, 0) is 5.11 Å². The predicted molar refractivity (Wildman–Crippen MR) is 54.1 cm³/mol. The van der Waals surface area contributed by atoms with Crippen LogP contribution in [0.4, 0.5) is 0 Å². The van der Waals surface area contributed by atoms with E-state index < -0.39 is 0 Å². The molecule has 3 nitrogen and oxygen atoms in total. The van der Waals surface area contributed by atoms with Gasteiger partial charge in [0, 0.05) is 6.07 Å². The zero-order valence-corrected chi connectivity index (χ0v) is 8.32. The molecule has 1 rings (SSSR count). The van der Waals surface area contributed by atoms with E-state index in [1.165, 1.54) is 0 Å². The van der Waals surface area contributed by atoms with Crippen molar-refractivity contribution in [2.75, 3.05) is 20.8 Å². The van der Waals surface area contributed by atoms with Gasteiger partial charge in [-0.1, -0.05) is 12.2 Å². The molecule has 0 fully saturated rings. The lowest BCUT2D eigenvalue weighted by Gasteiger charge is -2.05. The van der Waals surface area contributed by atoms with Gasteiger partial charge in [-0.05, 0) is 17.7 Å². The molecule has 0 aliphatic carbocycles. The molecule has 1 aromatic carbocycles. The lowest BCUT2D eigenvalue weighted by molar-refractivity contribution is 0.233. The number of methoxy groups -OCH3 is 2. The molecule has 0 atom stereocenters. The van der Waals surface area contributed by atoms with Crippen LogP contribution in [0.1, 0.15) is 5.56 Å². The van der Waals surface area contributed by atoms with Gasteiger partial charge in [-0.15, -0.1) is 0 Å². The van der Waals surface area contributed by atoms with Crippen molar-refractivity contribution in [2.45, 2.75) is 0 Å². The normalized spacial score (nSPS) is 10.5. The molecule has 75 valence electrons. The van der Waals surface area contributed by atoms with Crippen LogP contribution in [0, 0.1) is 0 Å². The third-order valence-corrected chi connectivity index (χ3v) is 1.78. The Morgan fingerprint density at radius 3 is 2.14 bits per heavy atom. The van der Waals surface area contributed by atoms with E-state index in [9.17, 15) is 5.11 Å². The smallest absolute Gasteiger partial charge is 0.123 e. The average molecular weight is 193 g/mol. The number of hydrogen-bond acceptors (Lipinski definition) is 2. The van der Waals surface area contributed by atoms with Gasteiger partial charge < -0.3 is 9.47 Å². The fourth-order valence-electron chi connectivity index (χ4n) is 1.11. The number of benzene rings is 1. The van der Waals surface area contributed by atoms with Gasteiger partial charge in [0.15, 0.2) is 0 Å². The summed E-state index contributed by atoms with van der Waals surface area (Å²) in [7, 11) is 3.19. The van der Waals surface area contributed by atoms with E-state index >= 15 is 0 Å². The molecule has 0 bridgehead atoms. The highest BCUT2D eigenvalue weighted by Crippen LogP contribution is 2.23. The second kappa shape index (κ2) is 5.29. The Hall–Kier alpha value is -1.48. The fourth-order valence-corrected chi connectivity index (χ4v) is 1.11. The van der Waals surface area contributed by atoms with E-state index in [4.69, 9.17) is 9.47 Å².